The van der Waals surface area contributed by atoms with Gasteiger partial charge in [-0.2, -0.15) is 0 Å². The Morgan fingerprint density at radius 1 is 1.00 bits per heavy atom. The summed E-state index contributed by atoms with van der Waals surface area (Å²) in [7, 11) is 0. The highest BCUT2D eigenvalue weighted by molar-refractivity contribution is 5.83. The van der Waals surface area contributed by atoms with Crippen molar-refractivity contribution in [3.63, 3.8) is 0 Å². The highest BCUT2D eigenvalue weighted by Gasteiger charge is 2.14. The molecule has 0 radical (unpaired) electrons. The molecule has 0 aliphatic heterocycles. The van der Waals surface area contributed by atoms with E-state index in [0.29, 0.717) is 6.42 Å². The van der Waals surface area contributed by atoms with Gasteiger partial charge in [0.25, 0.3) is 0 Å². The lowest BCUT2D eigenvalue weighted by atomic mass is 10.00. The molecule has 25 heavy (non-hydrogen) atoms. The van der Waals surface area contributed by atoms with Crippen LogP contribution in [0.25, 0.3) is 10.8 Å². The molecule has 0 spiro atoms. The Labute approximate surface area is 147 Å². The number of rotatable bonds is 6. The van der Waals surface area contributed by atoms with Crippen LogP contribution >= 0.6 is 0 Å². The number of amides is 1. The van der Waals surface area contributed by atoms with E-state index in [2.05, 4.69) is 36.2 Å². The van der Waals surface area contributed by atoms with Crippen molar-refractivity contribution in [2.45, 2.75) is 19.1 Å². The molecule has 0 heterocycles. The van der Waals surface area contributed by atoms with Gasteiger partial charge in [0, 0.05) is 0 Å². The van der Waals surface area contributed by atoms with Gasteiger partial charge < -0.3 is 10.1 Å². The summed E-state index contributed by atoms with van der Waals surface area (Å²) in [5.74, 6) is 0. The predicted molar refractivity (Wildman–Crippen MR) is 101 cm³/mol. The lowest BCUT2D eigenvalue weighted by Gasteiger charge is -2.18. The smallest absolute Gasteiger partial charge is 0.407 e. The molecule has 1 N–H and O–H groups in total. The Morgan fingerprint density at radius 3 is 2.48 bits per heavy atom. The second-order valence-corrected chi connectivity index (χ2v) is 5.89. The van der Waals surface area contributed by atoms with E-state index < -0.39 is 6.09 Å². The van der Waals surface area contributed by atoms with E-state index in [-0.39, 0.29) is 12.6 Å². The topological polar surface area (TPSA) is 38.3 Å². The SMILES string of the molecule is C=CCC(NC(=O)OCc1ccccc1)c1ccc2ccccc2c1. The minimum Gasteiger partial charge on any atom is -0.445 e. The fourth-order valence-corrected chi connectivity index (χ4v) is 2.78. The Bertz CT molecular complexity index is 858. The molecule has 126 valence electrons. The second-order valence-electron chi connectivity index (χ2n) is 5.89. The molecule has 3 aromatic carbocycles. The van der Waals surface area contributed by atoms with Crippen LogP contribution in [0, 0.1) is 0 Å². The molecule has 0 aliphatic rings. The first kappa shape index (κ1) is 16.8. The molecule has 1 amide bonds. The van der Waals surface area contributed by atoms with Crippen molar-refractivity contribution in [1.29, 1.82) is 0 Å². The van der Waals surface area contributed by atoms with Crippen molar-refractivity contribution in [3.05, 3.63) is 96.6 Å². The summed E-state index contributed by atoms with van der Waals surface area (Å²) in [5, 5.41) is 5.26. The highest BCUT2D eigenvalue weighted by Crippen LogP contribution is 2.23. The average Bonchev–Trinajstić information content (AvgIpc) is 2.66. The first-order chi connectivity index (χ1) is 12.3. The molecule has 1 unspecified atom stereocenters. The van der Waals surface area contributed by atoms with Gasteiger partial charge in [0.15, 0.2) is 0 Å². The third-order valence-corrected chi connectivity index (χ3v) is 4.08. The van der Waals surface area contributed by atoms with E-state index in [1.807, 2.05) is 48.5 Å². The fourth-order valence-electron chi connectivity index (χ4n) is 2.78. The summed E-state index contributed by atoms with van der Waals surface area (Å²) in [4.78, 5) is 12.2. The van der Waals surface area contributed by atoms with Gasteiger partial charge in [-0.25, -0.2) is 4.79 Å². The highest BCUT2D eigenvalue weighted by atomic mass is 16.5. The Hall–Kier alpha value is -3.07. The molecule has 0 aromatic heterocycles. The molecule has 0 bridgehead atoms. The molecular weight excluding hydrogens is 310 g/mol. The molecule has 3 aromatic rings. The van der Waals surface area contributed by atoms with Crippen LogP contribution in [0.5, 0.6) is 0 Å². The van der Waals surface area contributed by atoms with Gasteiger partial charge in [0.2, 0.25) is 0 Å². The minimum absolute atomic E-state index is 0.162. The van der Waals surface area contributed by atoms with Crippen molar-refractivity contribution in [2.24, 2.45) is 0 Å². The van der Waals surface area contributed by atoms with Gasteiger partial charge in [-0.3, -0.25) is 0 Å². The van der Waals surface area contributed by atoms with Crippen molar-refractivity contribution in [1.82, 2.24) is 5.32 Å². The molecule has 0 saturated carbocycles. The Morgan fingerprint density at radius 2 is 1.72 bits per heavy atom. The summed E-state index contributed by atoms with van der Waals surface area (Å²) in [6.45, 7) is 4.05. The largest absolute Gasteiger partial charge is 0.445 e. The average molecular weight is 331 g/mol. The van der Waals surface area contributed by atoms with Gasteiger partial charge in [0.05, 0.1) is 6.04 Å². The monoisotopic (exact) mass is 331 g/mol. The zero-order chi connectivity index (χ0) is 17.5. The molecule has 1 atom stereocenters. The maximum atomic E-state index is 12.2. The van der Waals surface area contributed by atoms with E-state index in [9.17, 15) is 4.79 Å². The lowest BCUT2D eigenvalue weighted by Crippen LogP contribution is -2.28. The van der Waals surface area contributed by atoms with Crippen LogP contribution in [0.15, 0.2) is 85.5 Å². The predicted octanol–water partition coefficient (Wildman–Crippen LogP) is 5.38. The zero-order valence-electron chi connectivity index (χ0n) is 14.0. The molecule has 0 fully saturated rings. The normalized spacial score (nSPS) is 11.7. The zero-order valence-corrected chi connectivity index (χ0v) is 14.0. The van der Waals surface area contributed by atoms with E-state index in [0.717, 1.165) is 16.5 Å². The molecule has 3 nitrogen and oxygen atoms in total. The van der Waals surface area contributed by atoms with E-state index >= 15 is 0 Å². The van der Waals surface area contributed by atoms with Crippen molar-refractivity contribution >= 4 is 16.9 Å². The Kier molecular flexibility index (Phi) is 5.47. The van der Waals surface area contributed by atoms with Gasteiger partial charge >= 0.3 is 6.09 Å². The van der Waals surface area contributed by atoms with Crippen molar-refractivity contribution in [3.8, 4) is 0 Å². The fraction of sp³-hybridized carbons (Fsp3) is 0.136. The van der Waals surface area contributed by atoms with Crippen molar-refractivity contribution < 1.29 is 9.53 Å². The maximum absolute atomic E-state index is 12.2. The number of alkyl carbamates (subject to hydrolysis) is 1. The van der Waals surface area contributed by atoms with Crippen molar-refractivity contribution in [2.75, 3.05) is 0 Å². The summed E-state index contributed by atoms with van der Waals surface area (Å²) >= 11 is 0. The van der Waals surface area contributed by atoms with Crippen LogP contribution in [0.1, 0.15) is 23.6 Å². The molecular formula is C22H21NO2. The maximum Gasteiger partial charge on any atom is 0.407 e. The lowest BCUT2D eigenvalue weighted by molar-refractivity contribution is 0.135. The van der Waals surface area contributed by atoms with Gasteiger partial charge in [-0.1, -0.05) is 72.8 Å². The number of carbonyl (C=O) groups is 1. The summed E-state index contributed by atoms with van der Waals surface area (Å²) in [6, 6.07) is 23.8. The first-order valence-electron chi connectivity index (χ1n) is 8.33. The summed E-state index contributed by atoms with van der Waals surface area (Å²) < 4.78 is 5.33. The standard InChI is InChI=1S/C22H21NO2/c1-2-8-21(20-14-13-18-11-6-7-12-19(18)15-20)23-22(24)25-16-17-9-4-3-5-10-17/h2-7,9-15,21H,1,8,16H2,(H,23,24). The molecule has 3 heteroatoms. The van der Waals surface area contributed by atoms with Gasteiger partial charge in [-0.05, 0) is 34.4 Å². The number of nitrogens with one attached hydrogen (secondary N) is 1. The van der Waals surface area contributed by atoms with E-state index in [1.54, 1.807) is 6.08 Å². The van der Waals surface area contributed by atoms with Crippen LogP contribution in [-0.4, -0.2) is 6.09 Å². The third kappa shape index (κ3) is 4.48. The third-order valence-electron chi connectivity index (χ3n) is 4.08. The van der Waals surface area contributed by atoms with Crippen LogP contribution in [0.3, 0.4) is 0 Å². The minimum atomic E-state index is -0.427. The second kappa shape index (κ2) is 8.15. The number of ether oxygens (including phenoxy) is 1. The van der Waals surface area contributed by atoms with Gasteiger partial charge in [0.1, 0.15) is 6.61 Å². The van der Waals surface area contributed by atoms with Crippen LogP contribution < -0.4 is 5.32 Å². The Balaban J connectivity index is 1.69. The summed E-state index contributed by atoms with van der Waals surface area (Å²) in [5.41, 5.74) is 2.00. The number of hydrogen-bond donors (Lipinski definition) is 1. The number of benzene rings is 3. The van der Waals surface area contributed by atoms with E-state index in [1.165, 1.54) is 5.39 Å². The summed E-state index contributed by atoms with van der Waals surface area (Å²) in [6.07, 6.45) is 2.01. The first-order valence-corrected chi connectivity index (χ1v) is 8.33. The quantitative estimate of drug-likeness (QED) is 0.616. The van der Waals surface area contributed by atoms with Crippen LogP contribution in [-0.2, 0) is 11.3 Å². The number of carbonyl (C=O) groups excluding carboxylic acids is 1. The van der Waals surface area contributed by atoms with Crippen LogP contribution in [0.4, 0.5) is 4.79 Å². The number of hydrogen-bond acceptors (Lipinski definition) is 2. The van der Waals surface area contributed by atoms with Crippen LogP contribution in [0.2, 0.25) is 0 Å². The molecule has 0 aliphatic carbocycles. The number of fused-ring (bicyclic) bond motifs is 1. The van der Waals surface area contributed by atoms with E-state index in [4.69, 9.17) is 4.74 Å². The molecule has 3 rings (SSSR count). The van der Waals surface area contributed by atoms with Gasteiger partial charge in [-0.15, -0.1) is 6.58 Å². The molecule has 0 saturated heterocycles.